The molecule has 1 atom stereocenters. The first-order valence-electron chi connectivity index (χ1n) is 10.1. The molecular weight excluding hydrogens is 375 g/mol. The number of halogens is 1. The predicted octanol–water partition coefficient (Wildman–Crippen LogP) is 2.99. The van der Waals surface area contributed by atoms with Crippen LogP contribution in [-0.2, 0) is 19.1 Å². The fourth-order valence-electron chi connectivity index (χ4n) is 4.06. The van der Waals surface area contributed by atoms with E-state index in [9.17, 15) is 18.8 Å². The summed E-state index contributed by atoms with van der Waals surface area (Å²) < 4.78 is 19.0. The van der Waals surface area contributed by atoms with Crippen LogP contribution in [0.1, 0.15) is 51.0 Å². The third kappa shape index (κ3) is 4.66. The zero-order chi connectivity index (χ0) is 21.0. The molecule has 1 aromatic rings. The Labute approximate surface area is 170 Å². The highest BCUT2D eigenvalue weighted by atomic mass is 19.1. The SMILES string of the molecule is CCOC(=O)C1=C(C)N(CC(=O)N2CCCCC2)C(=O)CC1c1cccc(F)c1. The molecule has 0 saturated carbocycles. The summed E-state index contributed by atoms with van der Waals surface area (Å²) in [4.78, 5) is 41.4. The van der Waals surface area contributed by atoms with Gasteiger partial charge in [-0.15, -0.1) is 0 Å². The van der Waals surface area contributed by atoms with Crippen LogP contribution in [0.3, 0.4) is 0 Å². The van der Waals surface area contributed by atoms with Gasteiger partial charge in [-0.3, -0.25) is 9.59 Å². The van der Waals surface area contributed by atoms with Crippen molar-refractivity contribution in [3.05, 3.63) is 46.9 Å². The number of amides is 2. The molecule has 0 aromatic heterocycles. The number of hydrogen-bond acceptors (Lipinski definition) is 4. The summed E-state index contributed by atoms with van der Waals surface area (Å²) in [5.74, 6) is -1.95. The Morgan fingerprint density at radius 1 is 1.21 bits per heavy atom. The van der Waals surface area contributed by atoms with E-state index < -0.39 is 17.7 Å². The number of hydrogen-bond donors (Lipinski definition) is 0. The zero-order valence-electron chi connectivity index (χ0n) is 16.9. The van der Waals surface area contributed by atoms with Gasteiger partial charge in [-0.05, 0) is 50.8 Å². The summed E-state index contributed by atoms with van der Waals surface area (Å²) in [6.45, 7) is 4.84. The number of nitrogens with zero attached hydrogens (tertiary/aromatic N) is 2. The minimum absolute atomic E-state index is 0.0117. The summed E-state index contributed by atoms with van der Waals surface area (Å²) in [5, 5.41) is 0. The van der Waals surface area contributed by atoms with E-state index in [4.69, 9.17) is 4.74 Å². The highest BCUT2D eigenvalue weighted by Crippen LogP contribution is 2.37. The summed E-state index contributed by atoms with van der Waals surface area (Å²) in [5.41, 5.74) is 1.26. The second-order valence-corrected chi connectivity index (χ2v) is 7.45. The van der Waals surface area contributed by atoms with Crippen LogP contribution in [0.4, 0.5) is 4.39 Å². The molecule has 7 heteroatoms. The lowest BCUT2D eigenvalue weighted by atomic mass is 9.83. The third-order valence-electron chi connectivity index (χ3n) is 5.57. The average molecular weight is 402 g/mol. The largest absolute Gasteiger partial charge is 0.463 e. The average Bonchev–Trinajstić information content (AvgIpc) is 2.71. The van der Waals surface area contributed by atoms with E-state index in [2.05, 4.69) is 0 Å². The van der Waals surface area contributed by atoms with Crippen molar-refractivity contribution in [3.8, 4) is 0 Å². The molecule has 1 aromatic carbocycles. The minimum Gasteiger partial charge on any atom is -0.463 e. The van der Waals surface area contributed by atoms with Gasteiger partial charge in [0.1, 0.15) is 12.4 Å². The number of piperidine rings is 1. The maximum Gasteiger partial charge on any atom is 0.336 e. The van der Waals surface area contributed by atoms with E-state index >= 15 is 0 Å². The van der Waals surface area contributed by atoms with Gasteiger partial charge >= 0.3 is 5.97 Å². The van der Waals surface area contributed by atoms with Gasteiger partial charge in [-0.1, -0.05) is 12.1 Å². The van der Waals surface area contributed by atoms with Crippen LogP contribution < -0.4 is 0 Å². The molecule has 156 valence electrons. The van der Waals surface area contributed by atoms with Crippen molar-refractivity contribution in [2.75, 3.05) is 26.2 Å². The van der Waals surface area contributed by atoms with Crippen molar-refractivity contribution < 1.29 is 23.5 Å². The molecule has 2 aliphatic heterocycles. The lowest BCUT2D eigenvalue weighted by Crippen LogP contribution is -2.46. The molecule has 2 aliphatic rings. The maximum absolute atomic E-state index is 13.8. The zero-order valence-corrected chi connectivity index (χ0v) is 16.9. The number of benzene rings is 1. The summed E-state index contributed by atoms with van der Waals surface area (Å²) >= 11 is 0. The first-order valence-corrected chi connectivity index (χ1v) is 10.1. The molecule has 3 rings (SSSR count). The minimum atomic E-state index is -0.599. The molecular formula is C22H27FN2O4. The molecule has 2 heterocycles. The topological polar surface area (TPSA) is 66.9 Å². The predicted molar refractivity (Wildman–Crippen MR) is 105 cm³/mol. The Bertz CT molecular complexity index is 830. The van der Waals surface area contributed by atoms with Gasteiger partial charge in [0.2, 0.25) is 11.8 Å². The summed E-state index contributed by atoms with van der Waals surface area (Å²) in [6, 6.07) is 5.90. The van der Waals surface area contributed by atoms with E-state index in [1.54, 1.807) is 30.9 Å². The van der Waals surface area contributed by atoms with Crippen LogP contribution in [0.2, 0.25) is 0 Å². The number of carbonyl (C=O) groups excluding carboxylic acids is 3. The Hall–Kier alpha value is -2.70. The Balaban J connectivity index is 1.93. The first-order chi connectivity index (χ1) is 13.9. The second kappa shape index (κ2) is 9.20. The van der Waals surface area contributed by atoms with E-state index in [0.717, 1.165) is 19.3 Å². The van der Waals surface area contributed by atoms with Crippen LogP contribution in [0.5, 0.6) is 0 Å². The maximum atomic E-state index is 13.8. The normalized spacial score (nSPS) is 20.1. The van der Waals surface area contributed by atoms with E-state index in [-0.39, 0.29) is 31.4 Å². The number of allylic oxidation sites excluding steroid dienone is 1. The van der Waals surface area contributed by atoms with Gasteiger partial charge in [0.25, 0.3) is 0 Å². The first kappa shape index (κ1) is 21.0. The van der Waals surface area contributed by atoms with Crippen molar-refractivity contribution >= 4 is 17.8 Å². The summed E-state index contributed by atoms with van der Waals surface area (Å²) in [6.07, 6.45) is 3.02. The quantitative estimate of drug-likeness (QED) is 0.710. The molecule has 1 unspecified atom stereocenters. The van der Waals surface area contributed by atoms with Crippen LogP contribution in [0.15, 0.2) is 35.5 Å². The fourth-order valence-corrected chi connectivity index (χ4v) is 4.06. The highest BCUT2D eigenvalue weighted by molar-refractivity contribution is 5.97. The molecule has 1 saturated heterocycles. The van der Waals surface area contributed by atoms with Gasteiger partial charge in [-0.2, -0.15) is 0 Å². The highest BCUT2D eigenvalue weighted by Gasteiger charge is 2.38. The number of carbonyl (C=O) groups is 3. The molecule has 0 radical (unpaired) electrons. The van der Waals surface area contributed by atoms with Crippen molar-refractivity contribution in [2.24, 2.45) is 0 Å². The number of ether oxygens (including phenoxy) is 1. The van der Waals surface area contributed by atoms with Gasteiger partial charge in [0, 0.05) is 31.1 Å². The van der Waals surface area contributed by atoms with Crippen LogP contribution in [-0.4, -0.2) is 53.8 Å². The molecule has 1 fully saturated rings. The lowest BCUT2D eigenvalue weighted by molar-refractivity contribution is -0.142. The Kier molecular flexibility index (Phi) is 6.67. The van der Waals surface area contributed by atoms with Crippen LogP contribution >= 0.6 is 0 Å². The fraction of sp³-hybridized carbons (Fsp3) is 0.500. The standard InChI is InChI=1S/C22H27FN2O4/c1-3-29-22(28)21-15(2)25(14-20(27)24-10-5-4-6-11-24)19(26)13-18(21)16-8-7-9-17(23)12-16/h7-9,12,18H,3-6,10-11,13-14H2,1-2H3. The van der Waals surface area contributed by atoms with E-state index in [0.29, 0.717) is 29.9 Å². The molecule has 2 amide bonds. The van der Waals surface area contributed by atoms with Crippen molar-refractivity contribution in [1.29, 1.82) is 0 Å². The molecule has 0 aliphatic carbocycles. The monoisotopic (exact) mass is 402 g/mol. The molecule has 6 nitrogen and oxygen atoms in total. The molecule has 0 bridgehead atoms. The number of rotatable bonds is 5. The summed E-state index contributed by atoms with van der Waals surface area (Å²) in [7, 11) is 0. The van der Waals surface area contributed by atoms with Gasteiger partial charge in [0.15, 0.2) is 0 Å². The van der Waals surface area contributed by atoms with Crippen LogP contribution in [0, 0.1) is 5.82 Å². The van der Waals surface area contributed by atoms with Gasteiger partial charge in [0.05, 0.1) is 12.2 Å². The van der Waals surface area contributed by atoms with Crippen LogP contribution in [0.25, 0.3) is 0 Å². The smallest absolute Gasteiger partial charge is 0.336 e. The van der Waals surface area contributed by atoms with Gasteiger partial charge < -0.3 is 14.5 Å². The third-order valence-corrected chi connectivity index (χ3v) is 5.57. The molecule has 29 heavy (non-hydrogen) atoms. The second-order valence-electron chi connectivity index (χ2n) is 7.45. The number of esters is 1. The van der Waals surface area contributed by atoms with E-state index in [1.165, 1.54) is 17.0 Å². The molecule has 0 N–H and O–H groups in total. The molecule has 0 spiro atoms. The Morgan fingerprint density at radius 2 is 1.93 bits per heavy atom. The lowest BCUT2D eigenvalue weighted by Gasteiger charge is -2.36. The van der Waals surface area contributed by atoms with E-state index in [1.807, 2.05) is 0 Å². The van der Waals surface area contributed by atoms with Crippen molar-refractivity contribution in [2.45, 2.75) is 45.4 Å². The Morgan fingerprint density at radius 3 is 2.59 bits per heavy atom. The van der Waals surface area contributed by atoms with Gasteiger partial charge in [-0.25, -0.2) is 9.18 Å². The van der Waals surface area contributed by atoms with Crippen molar-refractivity contribution in [3.63, 3.8) is 0 Å². The van der Waals surface area contributed by atoms with Crippen molar-refractivity contribution in [1.82, 2.24) is 9.80 Å². The number of likely N-dealkylation sites (tertiary alicyclic amines) is 1.